The van der Waals surface area contributed by atoms with E-state index in [1.165, 1.54) is 6.08 Å². The molecule has 2 aromatic rings. The van der Waals surface area contributed by atoms with Gasteiger partial charge in [-0.1, -0.05) is 18.2 Å². The van der Waals surface area contributed by atoms with Crippen LogP contribution in [-0.4, -0.2) is 39.0 Å². The van der Waals surface area contributed by atoms with Gasteiger partial charge in [0.1, 0.15) is 12.2 Å². The van der Waals surface area contributed by atoms with Gasteiger partial charge in [-0.25, -0.2) is 9.69 Å². The number of aromatic nitrogens is 1. The molecule has 23 heavy (non-hydrogen) atoms. The zero-order valence-electron chi connectivity index (χ0n) is 12.0. The third kappa shape index (κ3) is 2.84. The van der Waals surface area contributed by atoms with E-state index in [1.54, 1.807) is 6.07 Å². The number of nitrogens with one attached hydrogen (secondary N) is 1. The highest BCUT2D eigenvalue weighted by atomic mass is 16.4. The second-order valence-electron chi connectivity index (χ2n) is 4.91. The first-order chi connectivity index (χ1) is 11.1. The van der Waals surface area contributed by atoms with Gasteiger partial charge in [-0.15, -0.1) is 0 Å². The molecule has 1 aromatic carbocycles. The standard InChI is InChI=1S/C16H13N3O4/c20-14(21)10-19-15(22)13(17-16(19)23)9-12-7-4-8-18(12)11-5-2-1-3-6-11/h1-9H,10H2,(H,17,23)(H,20,21)/b13-9+. The molecule has 3 rings (SSSR count). The van der Waals surface area contributed by atoms with Crippen molar-refractivity contribution in [1.29, 1.82) is 0 Å². The van der Waals surface area contributed by atoms with E-state index < -0.39 is 24.5 Å². The van der Waals surface area contributed by atoms with Crippen molar-refractivity contribution in [3.63, 3.8) is 0 Å². The first-order valence-corrected chi connectivity index (χ1v) is 6.85. The average Bonchev–Trinajstić information content (AvgIpc) is 3.09. The summed E-state index contributed by atoms with van der Waals surface area (Å²) in [6.07, 6.45) is 3.35. The van der Waals surface area contributed by atoms with Crippen LogP contribution < -0.4 is 5.32 Å². The Bertz CT molecular complexity index is 808. The van der Waals surface area contributed by atoms with Crippen LogP contribution in [-0.2, 0) is 9.59 Å². The van der Waals surface area contributed by atoms with Crippen LogP contribution in [0.3, 0.4) is 0 Å². The van der Waals surface area contributed by atoms with Crippen molar-refractivity contribution in [2.45, 2.75) is 0 Å². The lowest BCUT2D eigenvalue weighted by Gasteiger charge is -2.07. The molecular weight excluding hydrogens is 298 g/mol. The smallest absolute Gasteiger partial charge is 0.329 e. The lowest BCUT2D eigenvalue weighted by Crippen LogP contribution is -2.35. The molecule has 0 aliphatic carbocycles. The molecule has 7 nitrogen and oxygen atoms in total. The first kappa shape index (κ1) is 14.6. The monoisotopic (exact) mass is 311 g/mol. The van der Waals surface area contributed by atoms with Crippen molar-refractivity contribution < 1.29 is 19.5 Å². The van der Waals surface area contributed by atoms with Gasteiger partial charge in [0.25, 0.3) is 5.91 Å². The molecule has 0 bridgehead atoms. The molecule has 1 aliphatic rings. The lowest BCUT2D eigenvalue weighted by molar-refractivity contribution is -0.140. The molecule has 0 unspecified atom stereocenters. The fourth-order valence-corrected chi connectivity index (χ4v) is 2.33. The Morgan fingerprint density at radius 3 is 2.57 bits per heavy atom. The van der Waals surface area contributed by atoms with Crippen molar-refractivity contribution in [3.05, 3.63) is 60.1 Å². The number of carboxylic acid groups (broad SMARTS) is 1. The van der Waals surface area contributed by atoms with Gasteiger partial charge >= 0.3 is 12.0 Å². The second kappa shape index (κ2) is 5.80. The molecule has 7 heteroatoms. The van der Waals surface area contributed by atoms with Gasteiger partial charge in [-0.3, -0.25) is 9.59 Å². The predicted molar refractivity (Wildman–Crippen MR) is 81.6 cm³/mol. The van der Waals surface area contributed by atoms with Crippen LogP contribution in [0.1, 0.15) is 5.69 Å². The minimum absolute atomic E-state index is 0.0483. The number of benzene rings is 1. The summed E-state index contributed by atoms with van der Waals surface area (Å²) in [4.78, 5) is 35.2. The van der Waals surface area contributed by atoms with Gasteiger partial charge in [-0.05, 0) is 30.3 Å². The summed E-state index contributed by atoms with van der Waals surface area (Å²) in [5, 5.41) is 11.1. The molecule has 1 aliphatic heterocycles. The SMILES string of the molecule is O=C(O)CN1C(=O)N/C(=C/c2cccn2-c2ccccc2)C1=O. The highest BCUT2D eigenvalue weighted by molar-refractivity contribution is 6.15. The number of imide groups is 1. The number of urea groups is 1. The van der Waals surface area contributed by atoms with E-state index in [0.29, 0.717) is 10.6 Å². The molecule has 3 amide bonds. The van der Waals surface area contributed by atoms with Gasteiger partial charge in [0.2, 0.25) is 0 Å². The van der Waals surface area contributed by atoms with E-state index in [2.05, 4.69) is 5.32 Å². The van der Waals surface area contributed by atoms with Crippen molar-refractivity contribution in [1.82, 2.24) is 14.8 Å². The van der Waals surface area contributed by atoms with Crippen LogP contribution in [0, 0.1) is 0 Å². The fraction of sp³-hybridized carbons (Fsp3) is 0.0625. The molecular formula is C16H13N3O4. The van der Waals surface area contributed by atoms with Crippen molar-refractivity contribution in [3.8, 4) is 5.69 Å². The number of aliphatic carboxylic acids is 1. The van der Waals surface area contributed by atoms with E-state index in [4.69, 9.17) is 5.11 Å². The highest BCUT2D eigenvalue weighted by Crippen LogP contribution is 2.18. The third-order valence-electron chi connectivity index (χ3n) is 3.36. The molecule has 1 fully saturated rings. The molecule has 1 aromatic heterocycles. The zero-order valence-corrected chi connectivity index (χ0v) is 12.0. The predicted octanol–water partition coefficient (Wildman–Crippen LogP) is 1.45. The summed E-state index contributed by atoms with van der Waals surface area (Å²) in [5.41, 5.74) is 1.65. The number of nitrogens with zero attached hydrogens (tertiary/aromatic N) is 2. The number of hydrogen-bond donors (Lipinski definition) is 2. The van der Waals surface area contributed by atoms with Crippen LogP contribution in [0.5, 0.6) is 0 Å². The topological polar surface area (TPSA) is 91.6 Å². The van der Waals surface area contributed by atoms with Crippen molar-refractivity contribution in [2.24, 2.45) is 0 Å². The van der Waals surface area contributed by atoms with Gasteiger partial charge in [-0.2, -0.15) is 0 Å². The van der Waals surface area contributed by atoms with E-state index in [9.17, 15) is 14.4 Å². The quantitative estimate of drug-likeness (QED) is 0.660. The van der Waals surface area contributed by atoms with Gasteiger partial charge < -0.3 is 15.0 Å². The van der Waals surface area contributed by atoms with Gasteiger partial charge in [0, 0.05) is 17.6 Å². The van der Waals surface area contributed by atoms with Crippen LogP contribution in [0.4, 0.5) is 4.79 Å². The lowest BCUT2D eigenvalue weighted by atomic mass is 10.3. The molecule has 0 spiro atoms. The number of carbonyl (C=O) groups excluding carboxylic acids is 2. The summed E-state index contributed by atoms with van der Waals surface area (Å²) >= 11 is 0. The molecule has 0 radical (unpaired) electrons. The van der Waals surface area contributed by atoms with Crippen LogP contribution >= 0.6 is 0 Å². The maximum absolute atomic E-state index is 12.1. The Morgan fingerprint density at radius 1 is 1.13 bits per heavy atom. The van der Waals surface area contributed by atoms with Crippen molar-refractivity contribution in [2.75, 3.05) is 6.54 Å². The Hall–Kier alpha value is -3.35. The van der Waals surface area contributed by atoms with Crippen LogP contribution in [0.2, 0.25) is 0 Å². The number of carboxylic acids is 1. The number of para-hydroxylation sites is 1. The fourth-order valence-electron chi connectivity index (χ4n) is 2.33. The molecule has 0 atom stereocenters. The third-order valence-corrected chi connectivity index (χ3v) is 3.36. The average molecular weight is 311 g/mol. The molecule has 2 heterocycles. The maximum Gasteiger partial charge on any atom is 0.329 e. The van der Waals surface area contributed by atoms with Gasteiger partial charge in [0.15, 0.2) is 0 Å². The van der Waals surface area contributed by atoms with E-state index in [-0.39, 0.29) is 5.70 Å². The Balaban J connectivity index is 1.92. The zero-order chi connectivity index (χ0) is 16.4. The molecule has 2 N–H and O–H groups in total. The minimum atomic E-state index is -1.25. The van der Waals surface area contributed by atoms with Crippen LogP contribution in [0.15, 0.2) is 54.4 Å². The maximum atomic E-state index is 12.1. The van der Waals surface area contributed by atoms with Crippen LogP contribution in [0.25, 0.3) is 11.8 Å². The largest absolute Gasteiger partial charge is 0.480 e. The Labute approximate surface area is 131 Å². The number of hydrogen-bond acceptors (Lipinski definition) is 3. The second-order valence-corrected chi connectivity index (χ2v) is 4.91. The number of amides is 3. The van der Waals surface area contributed by atoms with E-state index >= 15 is 0 Å². The normalized spacial score (nSPS) is 16.0. The number of carbonyl (C=O) groups is 3. The van der Waals surface area contributed by atoms with Crippen molar-refractivity contribution >= 4 is 24.0 Å². The van der Waals surface area contributed by atoms with E-state index in [0.717, 1.165) is 5.69 Å². The number of rotatable bonds is 4. The Kier molecular flexibility index (Phi) is 3.68. The Morgan fingerprint density at radius 2 is 1.87 bits per heavy atom. The highest BCUT2D eigenvalue weighted by Gasteiger charge is 2.35. The summed E-state index contributed by atoms with van der Waals surface area (Å²) in [6, 6.07) is 12.4. The molecule has 1 saturated heterocycles. The van der Waals surface area contributed by atoms with E-state index in [1.807, 2.05) is 47.2 Å². The molecule has 116 valence electrons. The summed E-state index contributed by atoms with van der Waals surface area (Å²) in [7, 11) is 0. The van der Waals surface area contributed by atoms with Gasteiger partial charge in [0.05, 0.1) is 0 Å². The first-order valence-electron chi connectivity index (χ1n) is 6.85. The molecule has 0 saturated carbocycles. The summed E-state index contributed by atoms with van der Waals surface area (Å²) in [6.45, 7) is -0.665. The summed E-state index contributed by atoms with van der Waals surface area (Å²) in [5.74, 6) is -1.90. The summed E-state index contributed by atoms with van der Waals surface area (Å²) < 4.78 is 1.85. The minimum Gasteiger partial charge on any atom is -0.480 e.